The second-order valence-electron chi connectivity index (χ2n) is 4.52. The van der Waals surface area contributed by atoms with Crippen LogP contribution >= 0.6 is 39.3 Å². The number of hydrogen-bond acceptors (Lipinski definition) is 2. The van der Waals surface area contributed by atoms with Crippen molar-refractivity contribution in [1.82, 2.24) is 5.32 Å². The van der Waals surface area contributed by atoms with Crippen LogP contribution in [0.15, 0.2) is 57.9 Å². The van der Waals surface area contributed by atoms with Gasteiger partial charge in [0.25, 0.3) is 0 Å². The molecule has 21 heavy (non-hydrogen) atoms. The fourth-order valence-corrected chi connectivity index (χ4v) is 3.10. The minimum Gasteiger partial charge on any atom is -0.351 e. The quantitative estimate of drug-likeness (QED) is 0.743. The summed E-state index contributed by atoms with van der Waals surface area (Å²) in [6, 6.07) is 15.4. The summed E-state index contributed by atoms with van der Waals surface area (Å²) < 4.78 is 1.03. The fraction of sp³-hybridized carbons (Fsp3) is 0.188. The van der Waals surface area contributed by atoms with Crippen molar-refractivity contribution in [1.29, 1.82) is 0 Å². The molecule has 2 nitrogen and oxygen atoms in total. The molecular weight excluding hydrogens is 370 g/mol. The Morgan fingerprint density at radius 1 is 1.24 bits per heavy atom. The molecule has 1 unspecified atom stereocenters. The third kappa shape index (κ3) is 5.06. The molecular formula is C16H15BrClNOS. The van der Waals surface area contributed by atoms with Crippen molar-refractivity contribution in [3.05, 3.63) is 63.6 Å². The Morgan fingerprint density at radius 3 is 2.57 bits per heavy atom. The van der Waals surface area contributed by atoms with Crippen LogP contribution in [0.25, 0.3) is 0 Å². The van der Waals surface area contributed by atoms with E-state index in [0.29, 0.717) is 11.6 Å². The third-order valence-corrected chi connectivity index (χ3v) is 4.92. The number of carbonyl (C=O) groups excluding carboxylic acids is 1. The van der Waals surface area contributed by atoms with Gasteiger partial charge in [-0.3, -0.25) is 4.79 Å². The van der Waals surface area contributed by atoms with Crippen LogP contribution in [0.2, 0.25) is 5.02 Å². The standard InChI is InChI=1S/C16H15BrClNOS/c1-11(21-14-8-6-13(17)7-9-14)16(20)19-10-12-4-2-3-5-15(12)18/h2-9,11H,10H2,1H3,(H,19,20). The summed E-state index contributed by atoms with van der Waals surface area (Å²) >= 11 is 11.0. The SMILES string of the molecule is CC(Sc1ccc(Br)cc1)C(=O)NCc1ccccc1Cl. The number of benzene rings is 2. The monoisotopic (exact) mass is 383 g/mol. The van der Waals surface area contributed by atoms with E-state index in [1.165, 1.54) is 11.8 Å². The molecule has 0 radical (unpaired) electrons. The molecule has 0 aromatic heterocycles. The number of hydrogen-bond donors (Lipinski definition) is 1. The summed E-state index contributed by atoms with van der Waals surface area (Å²) in [7, 11) is 0. The van der Waals surface area contributed by atoms with E-state index in [1.54, 1.807) is 0 Å². The first-order chi connectivity index (χ1) is 10.1. The molecule has 110 valence electrons. The minimum atomic E-state index is -0.159. The van der Waals surface area contributed by atoms with Gasteiger partial charge in [-0.1, -0.05) is 45.7 Å². The molecule has 2 aromatic carbocycles. The van der Waals surface area contributed by atoms with Gasteiger partial charge in [-0.15, -0.1) is 11.8 Å². The average molecular weight is 385 g/mol. The summed E-state index contributed by atoms with van der Waals surface area (Å²) in [4.78, 5) is 13.2. The lowest BCUT2D eigenvalue weighted by molar-refractivity contribution is -0.120. The van der Waals surface area contributed by atoms with E-state index in [9.17, 15) is 4.79 Å². The van der Waals surface area contributed by atoms with Gasteiger partial charge in [-0.25, -0.2) is 0 Å². The van der Waals surface area contributed by atoms with Crippen molar-refractivity contribution >= 4 is 45.2 Å². The van der Waals surface area contributed by atoms with Gasteiger partial charge in [0, 0.05) is 20.9 Å². The molecule has 0 aliphatic rings. The van der Waals surface area contributed by atoms with Crippen molar-refractivity contribution in [2.45, 2.75) is 23.6 Å². The molecule has 5 heteroatoms. The van der Waals surface area contributed by atoms with Crippen molar-refractivity contribution in [2.24, 2.45) is 0 Å². The molecule has 2 aromatic rings. The zero-order chi connectivity index (χ0) is 15.2. The molecule has 0 aliphatic carbocycles. The van der Waals surface area contributed by atoms with E-state index in [1.807, 2.05) is 55.5 Å². The molecule has 0 saturated heterocycles. The number of carbonyl (C=O) groups is 1. The maximum atomic E-state index is 12.1. The van der Waals surface area contributed by atoms with Crippen LogP contribution in [-0.2, 0) is 11.3 Å². The van der Waals surface area contributed by atoms with E-state index in [2.05, 4.69) is 21.2 Å². The Hall–Kier alpha value is -0.970. The van der Waals surface area contributed by atoms with Crippen LogP contribution < -0.4 is 5.32 Å². The molecule has 1 atom stereocenters. The topological polar surface area (TPSA) is 29.1 Å². The first-order valence-corrected chi connectivity index (χ1v) is 8.54. The molecule has 0 aliphatic heterocycles. The molecule has 1 amide bonds. The smallest absolute Gasteiger partial charge is 0.233 e. The summed E-state index contributed by atoms with van der Waals surface area (Å²) in [5.74, 6) is 0.00263. The summed E-state index contributed by atoms with van der Waals surface area (Å²) in [5.41, 5.74) is 0.924. The molecule has 1 N–H and O–H groups in total. The van der Waals surface area contributed by atoms with E-state index in [-0.39, 0.29) is 11.2 Å². The molecule has 0 heterocycles. The van der Waals surface area contributed by atoms with Gasteiger partial charge in [-0.2, -0.15) is 0 Å². The summed E-state index contributed by atoms with van der Waals surface area (Å²) in [6.07, 6.45) is 0. The van der Waals surface area contributed by atoms with Gasteiger partial charge in [0.05, 0.1) is 5.25 Å². The van der Waals surface area contributed by atoms with E-state index in [4.69, 9.17) is 11.6 Å². The van der Waals surface area contributed by atoms with Crippen LogP contribution in [0.3, 0.4) is 0 Å². The molecule has 0 fully saturated rings. The maximum Gasteiger partial charge on any atom is 0.233 e. The van der Waals surface area contributed by atoms with Crippen molar-refractivity contribution < 1.29 is 4.79 Å². The molecule has 0 saturated carbocycles. The first-order valence-electron chi connectivity index (χ1n) is 6.49. The van der Waals surface area contributed by atoms with E-state index < -0.39 is 0 Å². The Labute approximate surface area is 142 Å². The maximum absolute atomic E-state index is 12.1. The van der Waals surface area contributed by atoms with Crippen molar-refractivity contribution in [3.63, 3.8) is 0 Å². The fourth-order valence-electron chi connectivity index (χ4n) is 1.74. The molecule has 0 bridgehead atoms. The van der Waals surface area contributed by atoms with Crippen LogP contribution in [0.4, 0.5) is 0 Å². The summed E-state index contributed by atoms with van der Waals surface area (Å²) in [5, 5.41) is 3.43. The Bertz CT molecular complexity index is 618. The van der Waals surface area contributed by atoms with E-state index >= 15 is 0 Å². The predicted molar refractivity (Wildman–Crippen MR) is 92.8 cm³/mol. The highest BCUT2D eigenvalue weighted by atomic mass is 79.9. The number of amides is 1. The minimum absolute atomic E-state index is 0.00263. The van der Waals surface area contributed by atoms with Crippen LogP contribution in [0.1, 0.15) is 12.5 Å². The number of rotatable bonds is 5. The van der Waals surface area contributed by atoms with Crippen LogP contribution in [0, 0.1) is 0 Å². The number of nitrogens with one attached hydrogen (secondary N) is 1. The Kier molecular flexibility index (Phi) is 6.15. The second-order valence-corrected chi connectivity index (χ2v) is 7.26. The normalized spacial score (nSPS) is 12.0. The number of thioether (sulfide) groups is 1. The predicted octanol–water partition coefficient (Wildman–Crippen LogP) is 4.90. The van der Waals surface area contributed by atoms with Gasteiger partial charge in [-0.05, 0) is 42.8 Å². The second kappa shape index (κ2) is 7.87. The average Bonchev–Trinajstić information content (AvgIpc) is 2.48. The van der Waals surface area contributed by atoms with Crippen molar-refractivity contribution in [3.8, 4) is 0 Å². The molecule has 2 rings (SSSR count). The van der Waals surface area contributed by atoms with Crippen LogP contribution in [-0.4, -0.2) is 11.2 Å². The zero-order valence-electron chi connectivity index (χ0n) is 11.5. The lowest BCUT2D eigenvalue weighted by Crippen LogP contribution is -2.30. The van der Waals surface area contributed by atoms with Gasteiger partial charge in [0.2, 0.25) is 5.91 Å². The molecule has 0 spiro atoms. The Morgan fingerprint density at radius 2 is 1.90 bits per heavy atom. The zero-order valence-corrected chi connectivity index (χ0v) is 14.6. The van der Waals surface area contributed by atoms with Crippen molar-refractivity contribution in [2.75, 3.05) is 0 Å². The third-order valence-electron chi connectivity index (χ3n) is 2.91. The highest BCUT2D eigenvalue weighted by Gasteiger charge is 2.14. The summed E-state index contributed by atoms with van der Waals surface area (Å²) in [6.45, 7) is 2.35. The van der Waals surface area contributed by atoms with Gasteiger partial charge in [0.15, 0.2) is 0 Å². The Balaban J connectivity index is 1.88. The number of halogens is 2. The highest BCUT2D eigenvalue weighted by molar-refractivity contribution is 9.10. The van der Waals surface area contributed by atoms with Gasteiger partial charge in [0.1, 0.15) is 0 Å². The van der Waals surface area contributed by atoms with Crippen LogP contribution in [0.5, 0.6) is 0 Å². The lowest BCUT2D eigenvalue weighted by atomic mass is 10.2. The largest absolute Gasteiger partial charge is 0.351 e. The first kappa shape index (κ1) is 16.4. The van der Waals surface area contributed by atoms with Gasteiger partial charge < -0.3 is 5.32 Å². The van der Waals surface area contributed by atoms with E-state index in [0.717, 1.165) is 14.9 Å². The highest BCUT2D eigenvalue weighted by Crippen LogP contribution is 2.25. The van der Waals surface area contributed by atoms with Gasteiger partial charge >= 0.3 is 0 Å². The lowest BCUT2D eigenvalue weighted by Gasteiger charge is -2.12.